The van der Waals surface area contributed by atoms with Gasteiger partial charge in [0.1, 0.15) is 0 Å². The fraction of sp³-hybridized carbons (Fsp3) is 0.625. The molecule has 6 heteroatoms. The lowest BCUT2D eigenvalue weighted by Gasteiger charge is -2.03. The van der Waals surface area contributed by atoms with Crippen LogP contribution in [0.5, 0.6) is 5.75 Å². The maximum Gasteiger partial charge on any atom is 0.198 e. The first kappa shape index (κ1) is 16.7. The summed E-state index contributed by atoms with van der Waals surface area (Å²) in [5.41, 5.74) is 7.33. The highest BCUT2D eigenvalue weighted by Crippen LogP contribution is 2.21. The van der Waals surface area contributed by atoms with Crippen LogP contribution in [0.25, 0.3) is 5.65 Å². The Balaban J connectivity index is 0.000000246. The molecule has 1 fully saturated rings. The third-order valence-electron chi connectivity index (χ3n) is 3.77. The van der Waals surface area contributed by atoms with Gasteiger partial charge in [-0.15, -0.1) is 0 Å². The number of aromatic nitrogens is 3. The molecule has 2 aromatic heterocycles. The van der Waals surface area contributed by atoms with Crippen LogP contribution in [-0.4, -0.2) is 32.9 Å². The molecule has 0 unspecified atom stereocenters. The van der Waals surface area contributed by atoms with Gasteiger partial charge in [-0.3, -0.25) is 0 Å². The van der Waals surface area contributed by atoms with Crippen molar-refractivity contribution in [2.75, 3.05) is 7.11 Å². The van der Waals surface area contributed by atoms with E-state index in [1.54, 1.807) is 11.6 Å². The minimum absolute atomic E-state index is 0.0463. The number of fused-ring (bicyclic) bond motifs is 1. The third-order valence-corrected chi connectivity index (χ3v) is 3.77. The predicted octanol–water partition coefficient (Wildman–Crippen LogP) is 2.24. The first-order valence-electron chi connectivity index (χ1n) is 7.86. The Hall–Kier alpha value is -1.66. The summed E-state index contributed by atoms with van der Waals surface area (Å²) in [6.07, 6.45) is 6.49. The molecular formula is C16H26N4O2. The van der Waals surface area contributed by atoms with E-state index in [1.807, 2.05) is 12.3 Å². The van der Waals surface area contributed by atoms with Crippen molar-refractivity contribution in [2.24, 2.45) is 5.73 Å². The van der Waals surface area contributed by atoms with Crippen molar-refractivity contribution in [3.8, 4) is 5.75 Å². The number of aliphatic hydroxyl groups is 1. The topological polar surface area (TPSA) is 85.7 Å². The first-order chi connectivity index (χ1) is 10.5. The molecule has 0 amide bonds. The van der Waals surface area contributed by atoms with Crippen molar-refractivity contribution >= 4 is 5.65 Å². The zero-order valence-corrected chi connectivity index (χ0v) is 13.6. The normalized spacial score (nSPS) is 15.2. The van der Waals surface area contributed by atoms with E-state index in [0.717, 1.165) is 29.9 Å². The second-order valence-corrected chi connectivity index (χ2v) is 5.95. The number of hydrogen-bond acceptors (Lipinski definition) is 5. The summed E-state index contributed by atoms with van der Waals surface area (Å²) in [7, 11) is 1.62. The van der Waals surface area contributed by atoms with Gasteiger partial charge in [0.25, 0.3) is 0 Å². The van der Waals surface area contributed by atoms with Crippen LogP contribution < -0.4 is 10.5 Å². The second kappa shape index (κ2) is 7.56. The maximum atomic E-state index is 8.73. The molecule has 0 aliphatic heterocycles. The molecular weight excluding hydrogens is 280 g/mol. The molecule has 22 heavy (non-hydrogen) atoms. The molecule has 0 bridgehead atoms. The summed E-state index contributed by atoms with van der Waals surface area (Å²) < 4.78 is 7.02. The highest BCUT2D eigenvalue weighted by molar-refractivity contribution is 5.54. The number of hydrogen-bond donors (Lipinski definition) is 2. The molecule has 2 aromatic rings. The van der Waals surface area contributed by atoms with Gasteiger partial charge in [-0.25, -0.2) is 9.50 Å². The van der Waals surface area contributed by atoms with E-state index in [0.29, 0.717) is 18.2 Å². The Kier molecular flexibility index (Phi) is 5.74. The highest BCUT2D eigenvalue weighted by Gasteiger charge is 2.12. The molecule has 1 aliphatic rings. The number of methoxy groups -OCH3 is 1. The van der Waals surface area contributed by atoms with Crippen LogP contribution in [0.4, 0.5) is 0 Å². The van der Waals surface area contributed by atoms with Crippen LogP contribution >= 0.6 is 0 Å². The predicted molar refractivity (Wildman–Crippen MR) is 86.0 cm³/mol. The molecule has 0 aromatic carbocycles. The van der Waals surface area contributed by atoms with Gasteiger partial charge in [-0.05, 0) is 24.5 Å². The van der Waals surface area contributed by atoms with Crippen LogP contribution in [0.3, 0.4) is 0 Å². The van der Waals surface area contributed by atoms with Crippen LogP contribution in [0.15, 0.2) is 12.3 Å². The summed E-state index contributed by atoms with van der Waals surface area (Å²) in [5, 5.41) is 13.1. The van der Waals surface area contributed by atoms with Gasteiger partial charge in [0.05, 0.1) is 13.2 Å². The molecule has 1 saturated carbocycles. The van der Waals surface area contributed by atoms with E-state index in [4.69, 9.17) is 15.6 Å². The van der Waals surface area contributed by atoms with E-state index in [1.165, 1.54) is 12.8 Å². The summed E-state index contributed by atoms with van der Waals surface area (Å²) in [6, 6.07) is 1.90. The maximum absolute atomic E-state index is 8.73. The number of nitrogens with two attached hydrogens (primary N) is 1. The number of nitrogens with zero attached hydrogens (tertiary/aromatic N) is 3. The first-order valence-corrected chi connectivity index (χ1v) is 7.86. The van der Waals surface area contributed by atoms with Gasteiger partial charge in [-0.1, -0.05) is 26.7 Å². The Labute approximate surface area is 131 Å². The monoisotopic (exact) mass is 306 g/mol. The molecule has 3 rings (SSSR count). The Morgan fingerprint density at radius 1 is 1.41 bits per heavy atom. The summed E-state index contributed by atoms with van der Waals surface area (Å²) >= 11 is 0. The molecule has 0 radical (unpaired) electrons. The van der Waals surface area contributed by atoms with Crippen molar-refractivity contribution in [1.82, 2.24) is 14.6 Å². The molecule has 1 aliphatic carbocycles. The van der Waals surface area contributed by atoms with E-state index in [9.17, 15) is 0 Å². The fourth-order valence-electron chi connectivity index (χ4n) is 2.44. The van der Waals surface area contributed by atoms with Crippen LogP contribution in [0.1, 0.15) is 56.8 Å². The van der Waals surface area contributed by atoms with Crippen molar-refractivity contribution in [3.05, 3.63) is 23.7 Å². The van der Waals surface area contributed by atoms with Crippen molar-refractivity contribution in [2.45, 2.75) is 58.1 Å². The average molecular weight is 306 g/mol. The van der Waals surface area contributed by atoms with E-state index < -0.39 is 0 Å². The Bertz CT molecular complexity index is 603. The zero-order valence-electron chi connectivity index (χ0n) is 13.6. The molecule has 0 saturated heterocycles. The van der Waals surface area contributed by atoms with E-state index >= 15 is 0 Å². The summed E-state index contributed by atoms with van der Waals surface area (Å²) in [5.74, 6) is 1.82. The smallest absolute Gasteiger partial charge is 0.198 e. The average Bonchev–Trinajstić information content (AvgIpc) is 3.15. The summed E-state index contributed by atoms with van der Waals surface area (Å²) in [6.45, 7) is 4.58. The number of pyridine rings is 1. The zero-order chi connectivity index (χ0) is 16.1. The van der Waals surface area contributed by atoms with Crippen molar-refractivity contribution in [1.29, 1.82) is 0 Å². The lowest BCUT2D eigenvalue weighted by atomic mass is 10.2. The minimum Gasteiger partial charge on any atom is -0.493 e. The van der Waals surface area contributed by atoms with Gasteiger partial charge in [0, 0.05) is 18.7 Å². The largest absolute Gasteiger partial charge is 0.493 e. The van der Waals surface area contributed by atoms with Crippen LogP contribution in [0.2, 0.25) is 0 Å². The molecule has 122 valence electrons. The van der Waals surface area contributed by atoms with Gasteiger partial charge in [-0.2, -0.15) is 5.10 Å². The molecule has 6 nitrogen and oxygen atoms in total. The van der Waals surface area contributed by atoms with Crippen LogP contribution in [-0.2, 0) is 6.54 Å². The lowest BCUT2D eigenvalue weighted by molar-refractivity contribution is 0.183. The summed E-state index contributed by atoms with van der Waals surface area (Å²) in [4.78, 5) is 4.44. The van der Waals surface area contributed by atoms with Gasteiger partial charge in [0.15, 0.2) is 17.2 Å². The quantitative estimate of drug-likeness (QED) is 0.908. The van der Waals surface area contributed by atoms with Crippen molar-refractivity contribution < 1.29 is 9.84 Å². The fourth-order valence-corrected chi connectivity index (χ4v) is 2.44. The second-order valence-electron chi connectivity index (χ2n) is 5.95. The molecule has 0 spiro atoms. The SMILES string of the molecule is COc1cc(CN)cn2nc(C(C)C)nc12.OC1CCCC1. The number of ether oxygens (including phenoxy) is 1. The van der Waals surface area contributed by atoms with E-state index in [2.05, 4.69) is 23.9 Å². The Morgan fingerprint density at radius 3 is 2.55 bits per heavy atom. The molecule has 2 heterocycles. The van der Waals surface area contributed by atoms with Crippen molar-refractivity contribution in [3.63, 3.8) is 0 Å². The van der Waals surface area contributed by atoms with E-state index in [-0.39, 0.29) is 6.10 Å². The van der Waals surface area contributed by atoms with Crippen LogP contribution in [0, 0.1) is 0 Å². The lowest BCUT2D eigenvalue weighted by Crippen LogP contribution is -2.01. The standard InChI is InChI=1S/C11H16N4O.C5H10O/c1-7(2)10-13-11-9(16-3)4-8(5-12)6-15(11)14-10;6-5-3-1-2-4-5/h4,6-7H,5,12H2,1-3H3;5-6H,1-4H2. The van der Waals surface area contributed by atoms with Gasteiger partial charge in [0.2, 0.25) is 0 Å². The van der Waals surface area contributed by atoms with Gasteiger partial charge < -0.3 is 15.6 Å². The molecule has 0 atom stereocenters. The third kappa shape index (κ3) is 3.96. The molecule has 3 N–H and O–H groups in total. The highest BCUT2D eigenvalue weighted by atomic mass is 16.5. The Morgan fingerprint density at radius 2 is 2.09 bits per heavy atom. The minimum atomic E-state index is 0.0463. The van der Waals surface area contributed by atoms with Gasteiger partial charge >= 0.3 is 0 Å². The number of aliphatic hydroxyl groups excluding tert-OH is 1. The number of rotatable bonds is 3.